The molecule has 0 N–H and O–H groups in total. The highest BCUT2D eigenvalue weighted by atomic mass is 79.9. The van der Waals surface area contributed by atoms with Crippen LogP contribution in [0.2, 0.25) is 0 Å². The summed E-state index contributed by atoms with van der Waals surface area (Å²) in [5.74, 6) is 0. The first-order valence-electron chi connectivity index (χ1n) is 3.82. The van der Waals surface area contributed by atoms with Crippen LogP contribution in [0.5, 0.6) is 0 Å². The lowest BCUT2D eigenvalue weighted by Crippen LogP contribution is -2.08. The molecule has 0 radical (unpaired) electrons. The summed E-state index contributed by atoms with van der Waals surface area (Å²) in [4.78, 5) is 9.00. The van der Waals surface area contributed by atoms with Crippen molar-refractivity contribution in [3.63, 3.8) is 0 Å². The second-order valence-corrected chi connectivity index (χ2v) is 3.85. The van der Waals surface area contributed by atoms with Gasteiger partial charge >= 0.3 is 0 Å². The molecule has 1 atom stereocenters. The van der Waals surface area contributed by atoms with Gasteiger partial charge in [-0.2, -0.15) is 0 Å². The summed E-state index contributed by atoms with van der Waals surface area (Å²) in [5.41, 5.74) is 2.30. The van der Waals surface area contributed by atoms with Crippen LogP contribution in [0.25, 0.3) is 0 Å². The summed E-state index contributed by atoms with van der Waals surface area (Å²) in [6.07, 6.45) is 7.03. The van der Waals surface area contributed by atoms with Gasteiger partial charge in [0.05, 0.1) is 16.2 Å². The molecule has 0 aromatic carbocycles. The maximum Gasteiger partial charge on any atom is 0.0755 e. The van der Waals surface area contributed by atoms with Crippen LogP contribution in [-0.4, -0.2) is 9.97 Å². The Morgan fingerprint density at radius 1 is 1.36 bits per heavy atom. The summed E-state index contributed by atoms with van der Waals surface area (Å²) in [6.45, 7) is 0. The Bertz CT molecular complexity index is 262. The summed E-state index contributed by atoms with van der Waals surface area (Å²) in [6, 6.07) is 0. The Morgan fingerprint density at radius 3 is 3.00 bits per heavy atom. The van der Waals surface area contributed by atoms with Crippen LogP contribution in [0.15, 0.2) is 12.4 Å². The highest BCUT2D eigenvalue weighted by molar-refractivity contribution is 9.09. The van der Waals surface area contributed by atoms with Crippen LogP contribution < -0.4 is 0 Å². The van der Waals surface area contributed by atoms with Gasteiger partial charge in [0.15, 0.2) is 0 Å². The monoisotopic (exact) mass is 212 g/mol. The van der Waals surface area contributed by atoms with E-state index in [2.05, 4.69) is 25.9 Å². The lowest BCUT2D eigenvalue weighted by Gasteiger charge is -2.17. The molecule has 0 saturated heterocycles. The number of halogens is 1. The molecule has 11 heavy (non-hydrogen) atoms. The van der Waals surface area contributed by atoms with Crippen molar-refractivity contribution >= 4 is 15.9 Å². The minimum atomic E-state index is 0.431. The molecule has 0 fully saturated rings. The standard InChI is InChI=1S/C8H9BrN2/c9-6-2-1-3-7-8(6)11-5-4-10-7/h4-6H,1-3H2/t6-/m0/s1. The first-order chi connectivity index (χ1) is 5.38. The summed E-state index contributed by atoms with van der Waals surface area (Å²) in [5, 5.41) is 0. The highest BCUT2D eigenvalue weighted by Gasteiger charge is 2.18. The molecule has 1 aromatic heterocycles. The van der Waals surface area contributed by atoms with Crippen molar-refractivity contribution in [2.45, 2.75) is 24.1 Å². The van der Waals surface area contributed by atoms with Crippen LogP contribution in [0.4, 0.5) is 0 Å². The molecular weight excluding hydrogens is 204 g/mol. The number of nitrogens with zero attached hydrogens (tertiary/aromatic N) is 2. The SMILES string of the molecule is Br[C@H]1CCCc2nccnc21. The van der Waals surface area contributed by atoms with Crippen LogP contribution in [0.1, 0.15) is 29.1 Å². The molecule has 1 heterocycles. The lowest BCUT2D eigenvalue weighted by molar-refractivity contribution is 0.644. The van der Waals surface area contributed by atoms with Gasteiger partial charge in [-0.1, -0.05) is 15.9 Å². The molecule has 0 saturated carbocycles. The number of fused-ring (bicyclic) bond motifs is 1. The van der Waals surface area contributed by atoms with Gasteiger partial charge < -0.3 is 0 Å². The Morgan fingerprint density at radius 2 is 2.18 bits per heavy atom. The van der Waals surface area contributed by atoms with Crippen molar-refractivity contribution in [1.82, 2.24) is 9.97 Å². The zero-order valence-corrected chi connectivity index (χ0v) is 7.71. The van der Waals surface area contributed by atoms with Crippen LogP contribution >= 0.6 is 15.9 Å². The second kappa shape index (κ2) is 2.89. The normalized spacial score (nSPS) is 22.8. The number of aryl methyl sites for hydroxylation is 1. The summed E-state index contributed by atoms with van der Waals surface area (Å²) >= 11 is 3.58. The van der Waals surface area contributed by atoms with E-state index in [9.17, 15) is 0 Å². The number of hydrogen-bond donors (Lipinski definition) is 0. The van der Waals surface area contributed by atoms with Crippen LogP contribution in [0, 0.1) is 0 Å². The van der Waals surface area contributed by atoms with Crippen molar-refractivity contribution in [3.8, 4) is 0 Å². The third-order valence-electron chi connectivity index (χ3n) is 1.97. The zero-order valence-electron chi connectivity index (χ0n) is 6.13. The first kappa shape index (κ1) is 7.22. The van der Waals surface area contributed by atoms with Crippen molar-refractivity contribution in [1.29, 1.82) is 0 Å². The smallest absolute Gasteiger partial charge is 0.0755 e. The topological polar surface area (TPSA) is 25.8 Å². The van der Waals surface area contributed by atoms with Crippen molar-refractivity contribution in [2.75, 3.05) is 0 Å². The fourth-order valence-corrected chi connectivity index (χ4v) is 2.12. The van der Waals surface area contributed by atoms with Gasteiger partial charge in [-0.25, -0.2) is 0 Å². The molecule has 1 aliphatic carbocycles. The quantitative estimate of drug-likeness (QED) is 0.617. The zero-order chi connectivity index (χ0) is 7.68. The van der Waals surface area contributed by atoms with Gasteiger partial charge in [0.2, 0.25) is 0 Å². The van der Waals surface area contributed by atoms with Crippen LogP contribution in [0.3, 0.4) is 0 Å². The molecule has 58 valence electrons. The fourth-order valence-electron chi connectivity index (χ4n) is 1.42. The first-order valence-corrected chi connectivity index (χ1v) is 4.73. The number of hydrogen-bond acceptors (Lipinski definition) is 2. The molecule has 0 spiro atoms. The molecule has 2 nitrogen and oxygen atoms in total. The minimum absolute atomic E-state index is 0.431. The van der Waals surface area contributed by atoms with Gasteiger partial charge in [-0.05, 0) is 19.3 Å². The predicted octanol–water partition coefficient (Wildman–Crippen LogP) is 2.25. The third kappa shape index (κ3) is 1.29. The van der Waals surface area contributed by atoms with Gasteiger partial charge in [-0.15, -0.1) is 0 Å². The van der Waals surface area contributed by atoms with E-state index in [-0.39, 0.29) is 0 Å². The van der Waals surface area contributed by atoms with E-state index >= 15 is 0 Å². The van der Waals surface area contributed by atoms with Gasteiger partial charge in [0, 0.05) is 12.4 Å². The number of aromatic nitrogens is 2. The van der Waals surface area contributed by atoms with Gasteiger partial charge in [0.25, 0.3) is 0 Å². The van der Waals surface area contributed by atoms with E-state index in [0.29, 0.717) is 4.83 Å². The number of rotatable bonds is 0. The fraction of sp³-hybridized carbons (Fsp3) is 0.500. The van der Waals surface area contributed by atoms with Crippen molar-refractivity contribution < 1.29 is 0 Å². The lowest BCUT2D eigenvalue weighted by atomic mass is 10.0. The average Bonchev–Trinajstić information content (AvgIpc) is 2.06. The molecule has 1 aliphatic rings. The minimum Gasteiger partial charge on any atom is -0.258 e. The Labute approximate surface area is 74.2 Å². The molecule has 2 rings (SSSR count). The van der Waals surface area contributed by atoms with E-state index in [0.717, 1.165) is 12.1 Å². The predicted molar refractivity (Wildman–Crippen MR) is 46.6 cm³/mol. The molecule has 0 unspecified atom stereocenters. The molecule has 0 bridgehead atoms. The molecule has 0 aliphatic heterocycles. The van der Waals surface area contributed by atoms with E-state index < -0.39 is 0 Å². The summed E-state index contributed by atoms with van der Waals surface area (Å²) in [7, 11) is 0. The van der Waals surface area contributed by atoms with E-state index in [1.807, 2.05) is 0 Å². The molecular formula is C8H9BrN2. The molecule has 1 aromatic rings. The molecule has 0 amide bonds. The van der Waals surface area contributed by atoms with E-state index in [4.69, 9.17) is 0 Å². The van der Waals surface area contributed by atoms with E-state index in [1.165, 1.54) is 18.5 Å². The maximum absolute atomic E-state index is 4.29. The Balaban J connectivity index is 2.44. The highest BCUT2D eigenvalue weighted by Crippen LogP contribution is 2.32. The molecule has 3 heteroatoms. The Hall–Kier alpha value is -0.440. The van der Waals surface area contributed by atoms with Crippen molar-refractivity contribution in [3.05, 3.63) is 23.8 Å². The average molecular weight is 213 g/mol. The number of alkyl halides is 1. The third-order valence-corrected chi connectivity index (χ3v) is 2.87. The van der Waals surface area contributed by atoms with Crippen LogP contribution in [-0.2, 0) is 6.42 Å². The summed E-state index contributed by atoms with van der Waals surface area (Å²) < 4.78 is 0. The van der Waals surface area contributed by atoms with Gasteiger partial charge in [0.1, 0.15) is 0 Å². The largest absolute Gasteiger partial charge is 0.258 e. The second-order valence-electron chi connectivity index (χ2n) is 2.75. The van der Waals surface area contributed by atoms with E-state index in [1.54, 1.807) is 12.4 Å². The maximum atomic E-state index is 4.29. The Kier molecular flexibility index (Phi) is 1.90. The van der Waals surface area contributed by atoms with Gasteiger partial charge in [-0.3, -0.25) is 9.97 Å². The van der Waals surface area contributed by atoms with Crippen molar-refractivity contribution in [2.24, 2.45) is 0 Å².